The highest BCUT2D eigenvalue weighted by Gasteiger charge is 2.16. The average Bonchev–Trinajstić information content (AvgIpc) is 3.38. The molecule has 1 saturated heterocycles. The van der Waals surface area contributed by atoms with E-state index in [0.29, 0.717) is 30.9 Å². The lowest BCUT2D eigenvalue weighted by atomic mass is 10.2. The van der Waals surface area contributed by atoms with Crippen LogP contribution in [0.25, 0.3) is 0 Å². The van der Waals surface area contributed by atoms with Crippen molar-refractivity contribution in [2.45, 2.75) is 25.5 Å². The summed E-state index contributed by atoms with van der Waals surface area (Å²) in [6.45, 7) is 2.53. The van der Waals surface area contributed by atoms with Crippen LogP contribution in [-0.2, 0) is 11.3 Å². The van der Waals surface area contributed by atoms with Gasteiger partial charge in [0.2, 0.25) is 0 Å². The number of urea groups is 1. The molecule has 1 aromatic heterocycles. The maximum atomic E-state index is 12.2. The fraction of sp³-hybridized carbons (Fsp3) is 0.421. The molecule has 1 atom stereocenters. The predicted octanol–water partition coefficient (Wildman–Crippen LogP) is 1.96. The second kappa shape index (κ2) is 9.18. The van der Waals surface area contributed by atoms with Crippen LogP contribution in [0.4, 0.5) is 10.5 Å². The van der Waals surface area contributed by atoms with Crippen LogP contribution in [0.15, 0.2) is 43.0 Å². The van der Waals surface area contributed by atoms with Gasteiger partial charge < -0.3 is 24.8 Å². The first-order chi connectivity index (χ1) is 13.1. The highest BCUT2D eigenvalue weighted by Crippen LogP contribution is 2.12. The van der Waals surface area contributed by atoms with Crippen molar-refractivity contribution in [3.63, 3.8) is 0 Å². The van der Waals surface area contributed by atoms with Crippen LogP contribution >= 0.6 is 0 Å². The zero-order valence-corrected chi connectivity index (χ0v) is 15.4. The van der Waals surface area contributed by atoms with Gasteiger partial charge >= 0.3 is 6.03 Å². The van der Waals surface area contributed by atoms with Crippen molar-refractivity contribution in [1.82, 2.24) is 19.8 Å². The second-order valence-electron chi connectivity index (χ2n) is 6.57. The number of benzene rings is 1. The third kappa shape index (κ3) is 5.55. The lowest BCUT2D eigenvalue weighted by Crippen LogP contribution is -2.33. The second-order valence-corrected chi connectivity index (χ2v) is 6.57. The van der Waals surface area contributed by atoms with Crippen molar-refractivity contribution in [2.75, 3.05) is 32.1 Å². The molecule has 8 nitrogen and oxygen atoms in total. The molecule has 0 radical (unpaired) electrons. The molecule has 144 valence electrons. The molecule has 1 aliphatic rings. The molecule has 1 aromatic carbocycles. The SMILES string of the molecule is CN(CCn1ccnc1)C(=O)Nc1ccc(C(=O)NC[C@@H]2CCCO2)cc1. The van der Waals surface area contributed by atoms with Crippen LogP contribution in [0.1, 0.15) is 23.2 Å². The Morgan fingerprint density at radius 3 is 2.81 bits per heavy atom. The van der Waals surface area contributed by atoms with Gasteiger partial charge in [-0.25, -0.2) is 9.78 Å². The first-order valence-electron chi connectivity index (χ1n) is 9.09. The average molecular weight is 371 g/mol. The summed E-state index contributed by atoms with van der Waals surface area (Å²) in [6, 6.07) is 6.65. The van der Waals surface area contributed by atoms with Gasteiger partial charge in [0.25, 0.3) is 5.91 Å². The highest BCUT2D eigenvalue weighted by atomic mass is 16.5. The zero-order chi connectivity index (χ0) is 19.1. The summed E-state index contributed by atoms with van der Waals surface area (Å²) in [7, 11) is 1.74. The van der Waals surface area contributed by atoms with E-state index < -0.39 is 0 Å². The van der Waals surface area contributed by atoms with Gasteiger partial charge in [0.05, 0.1) is 12.4 Å². The number of hydrogen-bond donors (Lipinski definition) is 2. The van der Waals surface area contributed by atoms with Crippen LogP contribution < -0.4 is 10.6 Å². The molecule has 0 bridgehead atoms. The summed E-state index contributed by atoms with van der Waals surface area (Å²) in [4.78, 5) is 30.0. The summed E-state index contributed by atoms with van der Waals surface area (Å²) in [6.07, 6.45) is 7.43. The van der Waals surface area contributed by atoms with Gasteiger partial charge in [-0.15, -0.1) is 0 Å². The van der Waals surface area contributed by atoms with E-state index in [4.69, 9.17) is 4.74 Å². The van der Waals surface area contributed by atoms with Crippen LogP contribution in [0.2, 0.25) is 0 Å². The lowest BCUT2D eigenvalue weighted by Gasteiger charge is -2.18. The number of rotatable bonds is 7. The van der Waals surface area contributed by atoms with Gasteiger partial charge in [-0.3, -0.25) is 4.79 Å². The molecule has 0 spiro atoms. The van der Waals surface area contributed by atoms with Crippen molar-refractivity contribution in [1.29, 1.82) is 0 Å². The number of carbonyl (C=O) groups is 2. The van der Waals surface area contributed by atoms with E-state index in [1.54, 1.807) is 48.7 Å². The number of anilines is 1. The van der Waals surface area contributed by atoms with Crippen molar-refractivity contribution in [3.8, 4) is 0 Å². The van der Waals surface area contributed by atoms with Crippen LogP contribution in [0.3, 0.4) is 0 Å². The smallest absolute Gasteiger partial charge is 0.321 e. The van der Waals surface area contributed by atoms with Crippen LogP contribution in [0, 0.1) is 0 Å². The molecule has 3 amide bonds. The molecule has 1 aliphatic heterocycles. The normalized spacial score (nSPS) is 16.1. The first kappa shape index (κ1) is 18.9. The van der Waals surface area contributed by atoms with Crippen molar-refractivity contribution < 1.29 is 14.3 Å². The summed E-state index contributed by atoms with van der Waals surface area (Å²) in [5.41, 5.74) is 1.20. The number of amides is 3. The minimum absolute atomic E-state index is 0.116. The van der Waals surface area contributed by atoms with Crippen LogP contribution in [0.5, 0.6) is 0 Å². The first-order valence-corrected chi connectivity index (χ1v) is 9.09. The zero-order valence-electron chi connectivity index (χ0n) is 15.4. The van der Waals surface area contributed by atoms with E-state index in [1.165, 1.54) is 0 Å². The number of carbonyl (C=O) groups excluding carboxylic acids is 2. The third-order valence-electron chi connectivity index (χ3n) is 4.51. The van der Waals surface area contributed by atoms with Crippen molar-refractivity contribution in [3.05, 3.63) is 48.5 Å². The van der Waals surface area contributed by atoms with E-state index in [1.807, 2.05) is 10.8 Å². The molecule has 3 rings (SSSR count). The Bertz CT molecular complexity index is 739. The fourth-order valence-electron chi connectivity index (χ4n) is 2.82. The molecule has 2 heterocycles. The summed E-state index contributed by atoms with van der Waals surface area (Å²) >= 11 is 0. The van der Waals surface area contributed by atoms with Gasteiger partial charge in [0.1, 0.15) is 0 Å². The number of likely N-dealkylation sites (N-methyl/N-ethyl adjacent to an activating group) is 1. The Kier molecular flexibility index (Phi) is 6.43. The maximum Gasteiger partial charge on any atom is 0.321 e. The topological polar surface area (TPSA) is 88.5 Å². The van der Waals surface area contributed by atoms with Crippen molar-refractivity contribution in [2.24, 2.45) is 0 Å². The Labute approximate surface area is 158 Å². The summed E-state index contributed by atoms with van der Waals surface area (Å²) in [5, 5.41) is 5.71. The molecule has 8 heteroatoms. The lowest BCUT2D eigenvalue weighted by molar-refractivity contribution is 0.0858. The van der Waals surface area contributed by atoms with Gasteiger partial charge in [-0.1, -0.05) is 0 Å². The van der Waals surface area contributed by atoms with Crippen LogP contribution in [-0.4, -0.2) is 59.2 Å². The number of ether oxygens (including phenoxy) is 1. The Hall–Kier alpha value is -2.87. The minimum atomic E-state index is -0.203. The van der Waals surface area contributed by atoms with E-state index in [0.717, 1.165) is 19.4 Å². The Balaban J connectivity index is 1.44. The van der Waals surface area contributed by atoms with Gasteiger partial charge in [-0.05, 0) is 37.1 Å². The molecule has 2 N–H and O–H groups in total. The molecule has 1 fully saturated rings. The molecular weight excluding hydrogens is 346 g/mol. The quantitative estimate of drug-likeness (QED) is 0.779. The summed E-state index contributed by atoms with van der Waals surface area (Å²) < 4.78 is 7.41. The number of nitrogens with one attached hydrogen (secondary N) is 2. The standard InChI is InChI=1S/C19H25N5O3/c1-23(10-11-24-9-8-20-14-24)19(26)22-16-6-4-15(5-7-16)18(25)21-13-17-3-2-12-27-17/h4-9,14,17H,2-3,10-13H2,1H3,(H,21,25)(H,22,26)/t17-/m0/s1. The van der Waals surface area contributed by atoms with Gasteiger partial charge in [0.15, 0.2) is 0 Å². The predicted molar refractivity (Wildman–Crippen MR) is 102 cm³/mol. The van der Waals surface area contributed by atoms with Crippen molar-refractivity contribution >= 4 is 17.6 Å². The van der Waals surface area contributed by atoms with Gasteiger partial charge in [0, 0.05) is 56.9 Å². The largest absolute Gasteiger partial charge is 0.376 e. The third-order valence-corrected chi connectivity index (χ3v) is 4.51. The number of imidazole rings is 1. The molecule has 0 unspecified atom stereocenters. The maximum absolute atomic E-state index is 12.2. The Morgan fingerprint density at radius 1 is 1.33 bits per heavy atom. The molecule has 0 saturated carbocycles. The van der Waals surface area contributed by atoms with E-state index in [-0.39, 0.29) is 18.0 Å². The molecule has 0 aliphatic carbocycles. The van der Waals surface area contributed by atoms with Gasteiger partial charge in [-0.2, -0.15) is 0 Å². The number of nitrogens with zero attached hydrogens (tertiary/aromatic N) is 3. The summed E-state index contributed by atoms with van der Waals surface area (Å²) in [5.74, 6) is -0.138. The van der Waals surface area contributed by atoms with E-state index in [9.17, 15) is 9.59 Å². The molecule has 2 aromatic rings. The minimum Gasteiger partial charge on any atom is -0.376 e. The monoisotopic (exact) mass is 371 g/mol. The number of hydrogen-bond acceptors (Lipinski definition) is 4. The van der Waals surface area contributed by atoms with E-state index >= 15 is 0 Å². The molecular formula is C19H25N5O3. The fourth-order valence-corrected chi connectivity index (χ4v) is 2.82. The number of aromatic nitrogens is 2. The molecule has 27 heavy (non-hydrogen) atoms. The highest BCUT2D eigenvalue weighted by molar-refractivity contribution is 5.95. The Morgan fingerprint density at radius 2 is 2.15 bits per heavy atom. The van der Waals surface area contributed by atoms with E-state index in [2.05, 4.69) is 15.6 Å².